The topological polar surface area (TPSA) is 53.4 Å². The van der Waals surface area contributed by atoms with Crippen molar-refractivity contribution in [3.05, 3.63) is 16.6 Å². The van der Waals surface area contributed by atoms with Crippen molar-refractivity contribution in [2.45, 2.75) is 32.7 Å². The van der Waals surface area contributed by atoms with E-state index in [1.807, 2.05) is 17.8 Å². The summed E-state index contributed by atoms with van der Waals surface area (Å²) in [6.07, 6.45) is 2.47. The number of carboxylic acid groups (broad SMARTS) is 1. The van der Waals surface area contributed by atoms with Gasteiger partial charge in [-0.1, -0.05) is 13.3 Å². The molecule has 1 saturated heterocycles. The molecule has 1 atom stereocenters. The van der Waals surface area contributed by atoms with Crippen LogP contribution in [-0.2, 0) is 11.3 Å². The number of aliphatic carboxylic acids is 1. The minimum absolute atomic E-state index is 0.523. The molecule has 1 unspecified atom stereocenters. The van der Waals surface area contributed by atoms with Crippen LogP contribution in [0.3, 0.4) is 0 Å². The van der Waals surface area contributed by atoms with Crippen LogP contribution >= 0.6 is 11.3 Å². The minimum atomic E-state index is -0.639. The molecular weight excluding hydrogens is 236 g/mol. The van der Waals surface area contributed by atoms with Gasteiger partial charge in [-0.05, 0) is 19.4 Å². The van der Waals surface area contributed by atoms with Crippen LogP contribution in [0.4, 0.5) is 0 Å². The van der Waals surface area contributed by atoms with Crippen molar-refractivity contribution < 1.29 is 9.90 Å². The summed E-state index contributed by atoms with van der Waals surface area (Å²) in [5.74, 6) is -0.639. The summed E-state index contributed by atoms with van der Waals surface area (Å²) in [5, 5.41) is 11.4. The van der Waals surface area contributed by atoms with Crippen LogP contribution in [0.25, 0.3) is 0 Å². The second-order valence-electron chi connectivity index (χ2n) is 4.78. The third kappa shape index (κ3) is 2.66. The molecule has 4 nitrogen and oxygen atoms in total. The monoisotopic (exact) mass is 254 g/mol. The Morgan fingerprint density at radius 3 is 3.12 bits per heavy atom. The lowest BCUT2D eigenvalue weighted by molar-refractivity contribution is -0.148. The molecular formula is C12H18N2O2S. The summed E-state index contributed by atoms with van der Waals surface area (Å²) >= 11 is 1.59. The minimum Gasteiger partial charge on any atom is -0.481 e. The van der Waals surface area contributed by atoms with Gasteiger partial charge in [0.2, 0.25) is 0 Å². The van der Waals surface area contributed by atoms with Gasteiger partial charge in [0, 0.05) is 18.5 Å². The van der Waals surface area contributed by atoms with Gasteiger partial charge in [0.05, 0.1) is 16.6 Å². The maximum Gasteiger partial charge on any atom is 0.310 e. The zero-order valence-electron chi connectivity index (χ0n) is 10.1. The molecule has 0 aromatic carbocycles. The molecule has 1 aromatic rings. The van der Waals surface area contributed by atoms with Crippen molar-refractivity contribution in [1.29, 1.82) is 0 Å². The predicted molar refractivity (Wildman–Crippen MR) is 67.0 cm³/mol. The van der Waals surface area contributed by atoms with Gasteiger partial charge in [-0.2, -0.15) is 0 Å². The number of likely N-dealkylation sites (tertiary alicyclic amines) is 1. The normalized spacial score (nSPS) is 25.2. The average molecular weight is 254 g/mol. The van der Waals surface area contributed by atoms with Gasteiger partial charge in [-0.25, -0.2) is 4.98 Å². The Bertz CT molecular complexity index is 380. The molecule has 5 heteroatoms. The Hall–Kier alpha value is -0.940. The van der Waals surface area contributed by atoms with Crippen LogP contribution in [0.5, 0.6) is 0 Å². The lowest BCUT2D eigenvalue weighted by Gasteiger charge is -2.24. The Labute approximate surface area is 105 Å². The van der Waals surface area contributed by atoms with E-state index in [1.54, 1.807) is 11.3 Å². The van der Waals surface area contributed by atoms with Crippen molar-refractivity contribution in [3.63, 3.8) is 0 Å². The van der Waals surface area contributed by atoms with Crippen LogP contribution in [0.1, 0.15) is 31.9 Å². The Balaban J connectivity index is 1.99. The zero-order valence-corrected chi connectivity index (χ0v) is 10.9. The highest BCUT2D eigenvalue weighted by atomic mass is 32.1. The highest BCUT2D eigenvalue weighted by molar-refractivity contribution is 7.07. The maximum absolute atomic E-state index is 11.4. The fourth-order valence-electron chi connectivity index (χ4n) is 2.60. The highest BCUT2D eigenvalue weighted by Gasteiger charge is 2.43. The van der Waals surface area contributed by atoms with E-state index in [0.29, 0.717) is 6.54 Å². The summed E-state index contributed by atoms with van der Waals surface area (Å²) in [5.41, 5.74) is 2.35. The van der Waals surface area contributed by atoms with Gasteiger partial charge >= 0.3 is 5.97 Å². The molecule has 1 N–H and O–H groups in total. The highest BCUT2D eigenvalue weighted by Crippen LogP contribution is 2.36. The number of rotatable bonds is 5. The number of carbonyl (C=O) groups is 1. The molecule has 2 rings (SSSR count). The summed E-state index contributed by atoms with van der Waals surface area (Å²) in [6, 6.07) is 0. The smallest absolute Gasteiger partial charge is 0.310 e. The molecule has 2 heterocycles. The van der Waals surface area contributed by atoms with E-state index in [9.17, 15) is 9.90 Å². The average Bonchev–Trinajstić information content (AvgIpc) is 2.90. The molecule has 0 spiro atoms. The van der Waals surface area contributed by atoms with Gasteiger partial charge < -0.3 is 5.11 Å². The fraction of sp³-hybridized carbons (Fsp3) is 0.667. The Morgan fingerprint density at radius 1 is 1.71 bits per heavy atom. The van der Waals surface area contributed by atoms with Crippen molar-refractivity contribution in [2.24, 2.45) is 5.41 Å². The van der Waals surface area contributed by atoms with E-state index in [0.717, 1.165) is 38.0 Å². The van der Waals surface area contributed by atoms with Gasteiger partial charge in [0.15, 0.2) is 0 Å². The molecule has 0 aliphatic carbocycles. The fourth-order valence-corrected chi connectivity index (χ4v) is 3.15. The summed E-state index contributed by atoms with van der Waals surface area (Å²) < 4.78 is 0. The number of hydrogen-bond donors (Lipinski definition) is 1. The molecule has 17 heavy (non-hydrogen) atoms. The zero-order chi connectivity index (χ0) is 12.3. The van der Waals surface area contributed by atoms with Crippen LogP contribution in [-0.4, -0.2) is 34.0 Å². The van der Waals surface area contributed by atoms with Crippen molar-refractivity contribution in [1.82, 2.24) is 9.88 Å². The third-order valence-corrected chi connectivity index (χ3v) is 4.12. The first-order chi connectivity index (χ1) is 8.16. The van der Waals surface area contributed by atoms with Gasteiger partial charge in [0.1, 0.15) is 0 Å². The van der Waals surface area contributed by atoms with Crippen LogP contribution in [0, 0.1) is 5.41 Å². The van der Waals surface area contributed by atoms with E-state index in [1.165, 1.54) is 0 Å². The standard InChI is InChI=1S/C12H18N2O2S/c1-2-3-12(11(15)16)4-5-14(8-12)6-10-7-17-9-13-10/h7,9H,2-6,8H2,1H3,(H,15,16). The molecule has 94 valence electrons. The molecule has 0 amide bonds. The van der Waals surface area contributed by atoms with E-state index in [-0.39, 0.29) is 0 Å². The first kappa shape index (κ1) is 12.5. The molecule has 0 bridgehead atoms. The Kier molecular flexibility index (Phi) is 3.79. The van der Waals surface area contributed by atoms with Gasteiger partial charge in [0.25, 0.3) is 0 Å². The van der Waals surface area contributed by atoms with Crippen LogP contribution < -0.4 is 0 Å². The van der Waals surface area contributed by atoms with Gasteiger partial charge in [-0.3, -0.25) is 9.69 Å². The molecule has 0 radical (unpaired) electrons. The van der Waals surface area contributed by atoms with Crippen LogP contribution in [0.2, 0.25) is 0 Å². The number of thiazole rings is 1. The second kappa shape index (κ2) is 5.14. The maximum atomic E-state index is 11.4. The predicted octanol–water partition coefficient (Wildman–Crippen LogP) is 2.22. The SMILES string of the molecule is CCCC1(C(=O)O)CCN(Cc2cscn2)C1. The van der Waals surface area contributed by atoms with Crippen molar-refractivity contribution >= 4 is 17.3 Å². The molecule has 1 fully saturated rings. The van der Waals surface area contributed by atoms with E-state index >= 15 is 0 Å². The molecule has 0 saturated carbocycles. The number of carboxylic acids is 1. The number of hydrogen-bond acceptors (Lipinski definition) is 4. The van der Waals surface area contributed by atoms with Gasteiger partial charge in [-0.15, -0.1) is 11.3 Å². The second-order valence-corrected chi connectivity index (χ2v) is 5.49. The quantitative estimate of drug-likeness (QED) is 0.875. The molecule has 1 aromatic heterocycles. The molecule has 1 aliphatic rings. The first-order valence-electron chi connectivity index (χ1n) is 5.99. The number of aromatic nitrogens is 1. The lowest BCUT2D eigenvalue weighted by atomic mass is 9.83. The van der Waals surface area contributed by atoms with Crippen molar-refractivity contribution in [3.8, 4) is 0 Å². The largest absolute Gasteiger partial charge is 0.481 e. The number of nitrogens with zero attached hydrogens (tertiary/aromatic N) is 2. The summed E-state index contributed by atoms with van der Waals surface area (Å²) in [7, 11) is 0. The summed E-state index contributed by atoms with van der Waals surface area (Å²) in [6.45, 7) is 4.35. The van der Waals surface area contributed by atoms with E-state index in [2.05, 4.69) is 9.88 Å². The van der Waals surface area contributed by atoms with E-state index < -0.39 is 11.4 Å². The summed E-state index contributed by atoms with van der Waals surface area (Å²) in [4.78, 5) is 17.9. The first-order valence-corrected chi connectivity index (χ1v) is 6.93. The van der Waals surface area contributed by atoms with Crippen molar-refractivity contribution in [2.75, 3.05) is 13.1 Å². The van der Waals surface area contributed by atoms with E-state index in [4.69, 9.17) is 0 Å². The molecule has 1 aliphatic heterocycles. The lowest BCUT2D eigenvalue weighted by Crippen LogP contribution is -2.34. The Morgan fingerprint density at radius 2 is 2.53 bits per heavy atom. The third-order valence-electron chi connectivity index (χ3n) is 3.48. The van der Waals surface area contributed by atoms with Crippen LogP contribution in [0.15, 0.2) is 10.9 Å².